The normalized spacial score (nSPS) is 20.9. The number of benzene rings is 2. The molecule has 7 heteroatoms. The average Bonchev–Trinajstić information content (AvgIpc) is 2.81. The molecular weight excluding hydrogens is 406 g/mol. The minimum atomic E-state index is -0.611. The second kappa shape index (κ2) is 8.56. The Labute approximate surface area is 187 Å². The molecule has 5 rings (SSSR count). The van der Waals surface area contributed by atoms with E-state index in [2.05, 4.69) is 24.1 Å². The monoisotopic (exact) mass is 435 g/mol. The molecule has 1 saturated heterocycles. The Kier molecular flexibility index (Phi) is 5.61. The minimum Gasteiger partial charge on any atom is -0.497 e. The first-order valence-corrected chi connectivity index (χ1v) is 11.2. The van der Waals surface area contributed by atoms with Crippen LogP contribution in [0.15, 0.2) is 41.5 Å². The van der Waals surface area contributed by atoms with E-state index in [9.17, 15) is 9.90 Å². The molecule has 7 nitrogen and oxygen atoms in total. The van der Waals surface area contributed by atoms with Crippen LogP contribution in [0.5, 0.6) is 5.75 Å². The molecule has 2 aromatic carbocycles. The van der Waals surface area contributed by atoms with E-state index in [1.807, 2.05) is 18.2 Å². The summed E-state index contributed by atoms with van der Waals surface area (Å²) < 4.78 is 12.4. The fourth-order valence-corrected chi connectivity index (χ4v) is 4.99. The van der Waals surface area contributed by atoms with Crippen LogP contribution in [0.4, 0.5) is 5.69 Å². The van der Waals surface area contributed by atoms with Crippen molar-refractivity contribution in [3.63, 3.8) is 0 Å². The number of rotatable bonds is 4. The highest BCUT2D eigenvalue weighted by Gasteiger charge is 2.28. The first-order valence-electron chi connectivity index (χ1n) is 11.2. The topological polar surface area (TPSA) is 76.8 Å². The highest BCUT2D eigenvalue weighted by molar-refractivity contribution is 5.93. The van der Waals surface area contributed by atoms with Crippen LogP contribution in [-0.2, 0) is 17.6 Å². The molecule has 0 aliphatic carbocycles. The zero-order valence-corrected chi connectivity index (χ0v) is 18.6. The molecule has 0 bridgehead atoms. The van der Waals surface area contributed by atoms with Gasteiger partial charge in [0.2, 0.25) is 0 Å². The molecule has 1 aromatic heterocycles. The summed E-state index contributed by atoms with van der Waals surface area (Å²) in [6.07, 6.45) is 4.28. The number of methoxy groups -OCH3 is 1. The predicted octanol–water partition coefficient (Wildman–Crippen LogP) is 2.70. The second-order valence-corrected chi connectivity index (χ2v) is 8.76. The Morgan fingerprint density at radius 3 is 2.84 bits per heavy atom. The molecule has 2 aliphatic heterocycles. The van der Waals surface area contributed by atoms with Crippen molar-refractivity contribution < 1.29 is 14.6 Å². The quantitative estimate of drug-likeness (QED) is 0.679. The van der Waals surface area contributed by atoms with Crippen molar-refractivity contribution in [1.29, 1.82) is 0 Å². The van der Waals surface area contributed by atoms with E-state index in [1.54, 1.807) is 18.0 Å². The number of aliphatic hydroxyl groups is 1. The summed E-state index contributed by atoms with van der Waals surface area (Å²) in [5.41, 5.74) is 5.27. The van der Waals surface area contributed by atoms with Gasteiger partial charge in [0.05, 0.1) is 43.3 Å². The van der Waals surface area contributed by atoms with Crippen LogP contribution in [0.1, 0.15) is 35.6 Å². The van der Waals surface area contributed by atoms with E-state index >= 15 is 0 Å². The van der Waals surface area contributed by atoms with Crippen molar-refractivity contribution in [2.45, 2.75) is 37.8 Å². The third kappa shape index (κ3) is 3.65. The van der Waals surface area contributed by atoms with Gasteiger partial charge in [-0.3, -0.25) is 9.36 Å². The van der Waals surface area contributed by atoms with Crippen molar-refractivity contribution >= 4 is 16.6 Å². The Bertz CT molecular complexity index is 1190. The fourth-order valence-electron chi connectivity index (χ4n) is 4.99. The van der Waals surface area contributed by atoms with Crippen LogP contribution >= 0.6 is 0 Å². The van der Waals surface area contributed by atoms with Gasteiger partial charge in [0.15, 0.2) is 0 Å². The highest BCUT2D eigenvalue weighted by atomic mass is 16.5. The van der Waals surface area contributed by atoms with Gasteiger partial charge < -0.3 is 19.5 Å². The van der Waals surface area contributed by atoms with Crippen LogP contribution in [0.25, 0.3) is 10.9 Å². The smallest absolute Gasteiger partial charge is 0.261 e. The summed E-state index contributed by atoms with van der Waals surface area (Å²) in [5.74, 6) is 0.828. The number of anilines is 1. The van der Waals surface area contributed by atoms with Crippen LogP contribution in [0.3, 0.4) is 0 Å². The van der Waals surface area contributed by atoms with Gasteiger partial charge in [-0.2, -0.15) is 0 Å². The largest absolute Gasteiger partial charge is 0.497 e. The third-order valence-electron chi connectivity index (χ3n) is 6.75. The lowest BCUT2D eigenvalue weighted by molar-refractivity contribution is -0.0303. The molecule has 0 unspecified atom stereocenters. The predicted molar refractivity (Wildman–Crippen MR) is 124 cm³/mol. The molecule has 0 amide bonds. The fraction of sp³-hybridized carbons (Fsp3) is 0.440. The summed E-state index contributed by atoms with van der Waals surface area (Å²) >= 11 is 0. The van der Waals surface area contributed by atoms with Crippen LogP contribution in [-0.4, -0.2) is 54.7 Å². The summed E-state index contributed by atoms with van der Waals surface area (Å²) in [7, 11) is 3.73. The van der Waals surface area contributed by atoms with Gasteiger partial charge in [-0.15, -0.1) is 0 Å². The van der Waals surface area contributed by atoms with Gasteiger partial charge in [-0.25, -0.2) is 4.98 Å². The van der Waals surface area contributed by atoms with Crippen molar-refractivity contribution in [3.8, 4) is 5.75 Å². The molecular formula is C25H29N3O4. The number of ether oxygens (including phenoxy) is 2. The molecule has 1 fully saturated rings. The lowest BCUT2D eigenvalue weighted by atomic mass is 9.90. The van der Waals surface area contributed by atoms with Crippen LogP contribution in [0, 0.1) is 0 Å². The van der Waals surface area contributed by atoms with Crippen molar-refractivity contribution in [1.82, 2.24) is 9.55 Å². The lowest BCUT2D eigenvalue weighted by Gasteiger charge is -2.32. The van der Waals surface area contributed by atoms with Crippen LogP contribution in [0.2, 0.25) is 0 Å². The van der Waals surface area contributed by atoms with Crippen molar-refractivity contribution in [2.75, 3.05) is 38.8 Å². The SMILES string of the molecule is COc1ccc(Cc2cc3c(=O)n([C@H]4COCC[C@@H]4O)cnc3c3c2CCCN3C)cc1. The van der Waals surface area contributed by atoms with Gasteiger partial charge in [-0.1, -0.05) is 12.1 Å². The molecule has 2 atom stereocenters. The summed E-state index contributed by atoms with van der Waals surface area (Å²) in [6.45, 7) is 1.77. The van der Waals surface area contributed by atoms with E-state index in [4.69, 9.17) is 14.5 Å². The van der Waals surface area contributed by atoms with E-state index in [0.29, 0.717) is 25.0 Å². The zero-order valence-electron chi connectivity index (χ0n) is 18.6. The van der Waals surface area contributed by atoms with E-state index in [0.717, 1.165) is 48.3 Å². The summed E-state index contributed by atoms with van der Waals surface area (Å²) in [5, 5.41) is 11.1. The van der Waals surface area contributed by atoms with E-state index < -0.39 is 12.1 Å². The highest BCUT2D eigenvalue weighted by Crippen LogP contribution is 2.36. The summed E-state index contributed by atoms with van der Waals surface area (Å²) in [4.78, 5) is 20.5. The molecule has 1 N–H and O–H groups in total. The molecule has 0 radical (unpaired) electrons. The maximum Gasteiger partial charge on any atom is 0.261 e. The van der Waals surface area contributed by atoms with Crippen molar-refractivity contribution in [2.24, 2.45) is 0 Å². The average molecular weight is 436 g/mol. The number of aliphatic hydroxyl groups excluding tert-OH is 1. The maximum atomic E-state index is 13.6. The van der Waals surface area contributed by atoms with Gasteiger partial charge in [-0.05, 0) is 60.6 Å². The van der Waals surface area contributed by atoms with Gasteiger partial charge in [0.1, 0.15) is 11.3 Å². The molecule has 2 aliphatic rings. The Morgan fingerprint density at radius 2 is 2.09 bits per heavy atom. The van der Waals surface area contributed by atoms with Gasteiger partial charge in [0.25, 0.3) is 5.56 Å². The van der Waals surface area contributed by atoms with E-state index in [-0.39, 0.29) is 5.56 Å². The Balaban J connectivity index is 1.65. The third-order valence-corrected chi connectivity index (χ3v) is 6.75. The number of hydrogen-bond donors (Lipinski definition) is 1. The Hall–Kier alpha value is -2.90. The summed E-state index contributed by atoms with van der Waals surface area (Å²) in [6, 6.07) is 9.67. The Morgan fingerprint density at radius 1 is 1.28 bits per heavy atom. The number of nitrogens with zero attached hydrogens (tertiary/aromatic N) is 3. The number of fused-ring (bicyclic) bond motifs is 3. The zero-order chi connectivity index (χ0) is 22.2. The van der Waals surface area contributed by atoms with Gasteiger partial charge in [0, 0.05) is 20.2 Å². The van der Waals surface area contributed by atoms with Crippen molar-refractivity contribution in [3.05, 3.63) is 63.7 Å². The number of aromatic nitrogens is 2. The van der Waals surface area contributed by atoms with E-state index in [1.165, 1.54) is 11.1 Å². The van der Waals surface area contributed by atoms with Gasteiger partial charge >= 0.3 is 0 Å². The lowest BCUT2D eigenvalue weighted by Crippen LogP contribution is -2.39. The molecule has 3 heterocycles. The minimum absolute atomic E-state index is 0.123. The standard InChI is InChI=1S/C25H29N3O4/c1-27-10-3-4-19-17(12-16-5-7-18(31-2)8-6-16)13-20-23(24(19)27)26-15-28(25(20)30)21-14-32-11-9-22(21)29/h5-8,13,15,21-22,29H,3-4,9-12,14H2,1-2H3/t21-,22-/m0/s1. The molecule has 0 spiro atoms. The maximum absolute atomic E-state index is 13.6. The molecule has 3 aromatic rings. The first-order chi connectivity index (χ1) is 15.6. The molecule has 168 valence electrons. The second-order valence-electron chi connectivity index (χ2n) is 8.76. The van der Waals surface area contributed by atoms with Crippen LogP contribution < -0.4 is 15.2 Å². The molecule has 0 saturated carbocycles. The number of hydrogen-bond acceptors (Lipinski definition) is 6. The first kappa shape index (κ1) is 21.0. The molecule has 32 heavy (non-hydrogen) atoms.